The van der Waals surface area contributed by atoms with Gasteiger partial charge in [0.2, 0.25) is 0 Å². The second-order valence-electron chi connectivity index (χ2n) is 7.50. The van der Waals surface area contributed by atoms with Gasteiger partial charge in [0.25, 0.3) is 11.8 Å². The minimum absolute atomic E-state index is 0.0196. The molecule has 1 fully saturated rings. The second-order valence-corrected chi connectivity index (χ2v) is 7.50. The third-order valence-corrected chi connectivity index (χ3v) is 5.61. The molecule has 8 nitrogen and oxygen atoms in total. The SMILES string of the molecule is COc1cccc(-n2c(C)cc(C(=O)N3CCN(C(=O)c4cnccn4)CC3)c2C)c1. The molecular formula is C23H25N5O3. The lowest BCUT2D eigenvalue weighted by atomic mass is 10.2. The summed E-state index contributed by atoms with van der Waals surface area (Å²) < 4.78 is 7.40. The summed E-state index contributed by atoms with van der Waals surface area (Å²) in [4.78, 5) is 37.4. The van der Waals surface area contributed by atoms with Gasteiger partial charge in [-0.15, -0.1) is 0 Å². The number of rotatable bonds is 4. The highest BCUT2D eigenvalue weighted by Gasteiger charge is 2.28. The first-order chi connectivity index (χ1) is 15.0. The number of carbonyl (C=O) groups is 2. The molecule has 8 heteroatoms. The summed E-state index contributed by atoms with van der Waals surface area (Å²) in [6.07, 6.45) is 4.51. The van der Waals surface area contributed by atoms with Gasteiger partial charge in [0.1, 0.15) is 11.4 Å². The maximum atomic E-state index is 13.2. The Morgan fingerprint density at radius 3 is 2.32 bits per heavy atom. The summed E-state index contributed by atoms with van der Waals surface area (Å²) in [6, 6.07) is 9.69. The number of aryl methyl sites for hydroxylation is 1. The van der Waals surface area contributed by atoms with Crippen LogP contribution in [0.25, 0.3) is 5.69 Å². The zero-order chi connectivity index (χ0) is 22.0. The fourth-order valence-electron chi connectivity index (χ4n) is 3.98. The van der Waals surface area contributed by atoms with Crippen LogP contribution in [0.1, 0.15) is 32.2 Å². The normalized spacial score (nSPS) is 13.9. The molecule has 31 heavy (non-hydrogen) atoms. The fourth-order valence-corrected chi connectivity index (χ4v) is 3.98. The van der Waals surface area contributed by atoms with Crippen LogP contribution in [-0.4, -0.2) is 69.4 Å². The largest absolute Gasteiger partial charge is 0.497 e. The number of carbonyl (C=O) groups excluding carboxylic acids is 2. The summed E-state index contributed by atoms with van der Waals surface area (Å²) in [6.45, 7) is 5.83. The van der Waals surface area contributed by atoms with Crippen LogP contribution in [0.15, 0.2) is 48.9 Å². The van der Waals surface area contributed by atoms with Crippen molar-refractivity contribution in [3.8, 4) is 11.4 Å². The molecule has 3 aromatic rings. The van der Waals surface area contributed by atoms with Crippen LogP contribution >= 0.6 is 0 Å². The van der Waals surface area contributed by atoms with Gasteiger partial charge in [-0.2, -0.15) is 0 Å². The predicted octanol–water partition coefficient (Wildman–Crippen LogP) is 2.49. The quantitative estimate of drug-likeness (QED) is 0.649. The van der Waals surface area contributed by atoms with Crippen molar-refractivity contribution < 1.29 is 14.3 Å². The molecule has 0 atom stereocenters. The molecule has 1 aliphatic rings. The summed E-state index contributed by atoms with van der Waals surface area (Å²) in [5, 5.41) is 0. The first-order valence-corrected chi connectivity index (χ1v) is 10.2. The molecule has 0 unspecified atom stereocenters. The summed E-state index contributed by atoms with van der Waals surface area (Å²) in [5.41, 5.74) is 3.81. The number of methoxy groups -OCH3 is 1. The van der Waals surface area contributed by atoms with Gasteiger partial charge in [-0.1, -0.05) is 6.07 Å². The van der Waals surface area contributed by atoms with Gasteiger partial charge in [0.15, 0.2) is 0 Å². The molecular weight excluding hydrogens is 394 g/mol. The van der Waals surface area contributed by atoms with E-state index in [0.717, 1.165) is 22.8 Å². The first kappa shape index (κ1) is 20.6. The van der Waals surface area contributed by atoms with Crippen LogP contribution in [0.5, 0.6) is 5.75 Å². The number of piperazine rings is 1. The lowest BCUT2D eigenvalue weighted by molar-refractivity contribution is 0.0531. The van der Waals surface area contributed by atoms with E-state index in [2.05, 4.69) is 14.5 Å². The van der Waals surface area contributed by atoms with E-state index in [1.54, 1.807) is 16.9 Å². The van der Waals surface area contributed by atoms with Crippen molar-refractivity contribution in [2.24, 2.45) is 0 Å². The maximum absolute atomic E-state index is 13.2. The molecule has 4 rings (SSSR count). The number of ether oxygens (including phenoxy) is 1. The van der Waals surface area contributed by atoms with E-state index in [1.807, 2.05) is 44.2 Å². The van der Waals surface area contributed by atoms with Crippen molar-refractivity contribution in [2.75, 3.05) is 33.3 Å². The van der Waals surface area contributed by atoms with Gasteiger partial charge in [0.05, 0.1) is 18.9 Å². The van der Waals surface area contributed by atoms with Gasteiger partial charge >= 0.3 is 0 Å². The number of hydrogen-bond donors (Lipinski definition) is 0. The molecule has 0 saturated carbocycles. The van der Waals surface area contributed by atoms with E-state index in [9.17, 15) is 9.59 Å². The van der Waals surface area contributed by atoms with Crippen molar-refractivity contribution in [2.45, 2.75) is 13.8 Å². The topological polar surface area (TPSA) is 80.6 Å². The molecule has 1 saturated heterocycles. The molecule has 2 aromatic heterocycles. The van der Waals surface area contributed by atoms with Crippen molar-refractivity contribution in [1.29, 1.82) is 0 Å². The first-order valence-electron chi connectivity index (χ1n) is 10.2. The maximum Gasteiger partial charge on any atom is 0.274 e. The molecule has 0 bridgehead atoms. The van der Waals surface area contributed by atoms with E-state index < -0.39 is 0 Å². The van der Waals surface area contributed by atoms with Crippen molar-refractivity contribution >= 4 is 11.8 Å². The zero-order valence-electron chi connectivity index (χ0n) is 17.9. The number of amides is 2. The summed E-state index contributed by atoms with van der Waals surface area (Å²) in [7, 11) is 1.64. The smallest absolute Gasteiger partial charge is 0.274 e. The van der Waals surface area contributed by atoms with Crippen LogP contribution < -0.4 is 4.74 Å². The van der Waals surface area contributed by atoms with Crippen molar-refractivity contribution in [3.63, 3.8) is 0 Å². The highest BCUT2D eigenvalue weighted by atomic mass is 16.5. The summed E-state index contributed by atoms with van der Waals surface area (Å²) >= 11 is 0. The van der Waals surface area contributed by atoms with Gasteiger partial charge < -0.3 is 19.1 Å². The molecule has 0 spiro atoms. The van der Waals surface area contributed by atoms with Crippen LogP contribution in [0.4, 0.5) is 0 Å². The molecule has 1 aliphatic heterocycles. The minimum Gasteiger partial charge on any atom is -0.497 e. The standard InChI is InChI=1S/C23H25N5O3/c1-16-13-20(17(2)28(16)18-5-4-6-19(14-18)31-3)22(29)26-9-11-27(12-10-26)23(30)21-15-24-7-8-25-21/h4-8,13-15H,9-12H2,1-3H3. The van der Waals surface area contributed by atoms with Crippen LogP contribution in [-0.2, 0) is 0 Å². The molecule has 2 amide bonds. The Morgan fingerprint density at radius 2 is 1.68 bits per heavy atom. The predicted molar refractivity (Wildman–Crippen MR) is 116 cm³/mol. The molecule has 160 valence electrons. The van der Waals surface area contributed by atoms with Gasteiger partial charge in [-0.25, -0.2) is 4.98 Å². The Hall–Kier alpha value is -3.68. The van der Waals surface area contributed by atoms with Gasteiger partial charge in [-0.05, 0) is 32.0 Å². The van der Waals surface area contributed by atoms with Crippen molar-refractivity contribution in [1.82, 2.24) is 24.3 Å². The van der Waals surface area contributed by atoms with Gasteiger partial charge in [0, 0.05) is 61.7 Å². The third-order valence-electron chi connectivity index (χ3n) is 5.61. The van der Waals surface area contributed by atoms with E-state index in [4.69, 9.17) is 4.74 Å². The molecule has 0 radical (unpaired) electrons. The lowest BCUT2D eigenvalue weighted by Crippen LogP contribution is -2.50. The van der Waals surface area contributed by atoms with E-state index >= 15 is 0 Å². The Bertz CT molecular complexity index is 1100. The van der Waals surface area contributed by atoms with Crippen LogP contribution in [0.3, 0.4) is 0 Å². The zero-order valence-corrected chi connectivity index (χ0v) is 17.9. The number of aromatic nitrogens is 3. The van der Waals surface area contributed by atoms with E-state index in [0.29, 0.717) is 37.4 Å². The summed E-state index contributed by atoms with van der Waals surface area (Å²) in [5.74, 6) is 0.590. The Morgan fingerprint density at radius 1 is 0.968 bits per heavy atom. The van der Waals surface area contributed by atoms with E-state index in [-0.39, 0.29) is 11.8 Å². The lowest BCUT2D eigenvalue weighted by Gasteiger charge is -2.34. The average molecular weight is 419 g/mol. The van der Waals surface area contributed by atoms with E-state index in [1.165, 1.54) is 18.6 Å². The second kappa shape index (κ2) is 8.59. The van der Waals surface area contributed by atoms with Gasteiger partial charge in [-0.3, -0.25) is 14.6 Å². The highest BCUT2D eigenvalue weighted by Crippen LogP contribution is 2.25. The molecule has 0 aliphatic carbocycles. The number of benzene rings is 1. The number of nitrogens with zero attached hydrogens (tertiary/aromatic N) is 5. The fraction of sp³-hybridized carbons (Fsp3) is 0.304. The minimum atomic E-state index is -0.156. The van der Waals surface area contributed by atoms with Crippen LogP contribution in [0.2, 0.25) is 0 Å². The monoisotopic (exact) mass is 419 g/mol. The third kappa shape index (κ3) is 4.01. The Balaban J connectivity index is 1.49. The van der Waals surface area contributed by atoms with Crippen LogP contribution in [0, 0.1) is 13.8 Å². The highest BCUT2D eigenvalue weighted by molar-refractivity contribution is 5.96. The molecule has 0 N–H and O–H groups in total. The average Bonchev–Trinajstić information content (AvgIpc) is 3.12. The Labute approximate surface area is 181 Å². The Kier molecular flexibility index (Phi) is 5.70. The van der Waals surface area contributed by atoms with Crippen molar-refractivity contribution in [3.05, 3.63) is 71.6 Å². The molecule has 3 heterocycles. The number of hydrogen-bond acceptors (Lipinski definition) is 5. The molecule has 1 aromatic carbocycles.